The maximum Gasteiger partial charge on any atom is 0.230 e. The monoisotopic (exact) mass is 290 g/mol. The minimum Gasteiger partial charge on any atom is -0.341 e. The summed E-state index contributed by atoms with van der Waals surface area (Å²) >= 11 is 6.06. The molecule has 5 heteroatoms. The maximum atomic E-state index is 6.06. The fraction of sp³-hybridized carbons (Fsp3) is 0.400. The van der Waals surface area contributed by atoms with E-state index >= 15 is 0 Å². The first-order valence-electron chi connectivity index (χ1n) is 6.79. The summed E-state index contributed by atoms with van der Waals surface area (Å²) in [5, 5.41) is 0.234. The summed E-state index contributed by atoms with van der Waals surface area (Å²) in [6.45, 7) is 9.95. The SMILES string of the molecule is CCN(CC)c1nc(Cl)nc(-c2cccc(C)c2C)n1. The Kier molecular flexibility index (Phi) is 4.55. The zero-order valence-electron chi connectivity index (χ0n) is 12.3. The van der Waals surface area contributed by atoms with Crippen molar-refractivity contribution in [3.8, 4) is 11.4 Å². The predicted molar refractivity (Wildman–Crippen MR) is 83.3 cm³/mol. The molecule has 0 saturated heterocycles. The number of rotatable bonds is 4. The molecule has 0 N–H and O–H groups in total. The van der Waals surface area contributed by atoms with Crippen molar-refractivity contribution in [2.45, 2.75) is 27.7 Å². The molecule has 20 heavy (non-hydrogen) atoms. The standard InChI is InChI=1S/C15H19ClN4/c1-5-20(6-2)15-18-13(17-14(16)19-15)12-9-7-8-10(3)11(12)4/h7-9H,5-6H2,1-4H3. The number of anilines is 1. The van der Waals surface area contributed by atoms with Crippen molar-refractivity contribution in [1.29, 1.82) is 0 Å². The molecule has 4 nitrogen and oxygen atoms in total. The van der Waals surface area contributed by atoms with Gasteiger partial charge in [-0.1, -0.05) is 18.2 Å². The van der Waals surface area contributed by atoms with Crippen molar-refractivity contribution in [2.75, 3.05) is 18.0 Å². The van der Waals surface area contributed by atoms with Crippen LogP contribution < -0.4 is 4.90 Å². The second kappa shape index (κ2) is 6.18. The lowest BCUT2D eigenvalue weighted by Crippen LogP contribution is -2.24. The van der Waals surface area contributed by atoms with E-state index in [1.165, 1.54) is 11.1 Å². The third-order valence-electron chi connectivity index (χ3n) is 3.49. The molecule has 1 aromatic heterocycles. The first-order chi connectivity index (χ1) is 9.56. The van der Waals surface area contributed by atoms with Gasteiger partial charge in [0.15, 0.2) is 5.82 Å². The van der Waals surface area contributed by atoms with Crippen LogP contribution in [-0.4, -0.2) is 28.0 Å². The topological polar surface area (TPSA) is 41.9 Å². The van der Waals surface area contributed by atoms with Crippen LogP contribution in [0.4, 0.5) is 5.95 Å². The molecule has 0 radical (unpaired) electrons. The number of hydrogen-bond acceptors (Lipinski definition) is 4. The summed E-state index contributed by atoms with van der Waals surface area (Å²) < 4.78 is 0. The third-order valence-corrected chi connectivity index (χ3v) is 3.66. The van der Waals surface area contributed by atoms with E-state index in [-0.39, 0.29) is 5.28 Å². The highest BCUT2D eigenvalue weighted by molar-refractivity contribution is 6.28. The van der Waals surface area contributed by atoms with E-state index < -0.39 is 0 Å². The molecule has 0 saturated carbocycles. The van der Waals surface area contributed by atoms with Gasteiger partial charge in [-0.05, 0) is 50.4 Å². The molecule has 2 aromatic rings. The second-order valence-electron chi connectivity index (χ2n) is 4.65. The van der Waals surface area contributed by atoms with Gasteiger partial charge < -0.3 is 4.90 Å². The van der Waals surface area contributed by atoms with Crippen LogP contribution in [0.15, 0.2) is 18.2 Å². The summed E-state index contributed by atoms with van der Waals surface area (Å²) in [5.41, 5.74) is 3.38. The van der Waals surface area contributed by atoms with Gasteiger partial charge in [-0.3, -0.25) is 0 Å². The molecule has 0 aliphatic rings. The maximum absolute atomic E-state index is 6.06. The molecule has 0 unspecified atom stereocenters. The lowest BCUT2D eigenvalue weighted by Gasteiger charge is -2.19. The number of aryl methyl sites for hydroxylation is 1. The third kappa shape index (κ3) is 2.90. The average molecular weight is 291 g/mol. The molecule has 2 rings (SSSR count). The van der Waals surface area contributed by atoms with Gasteiger partial charge in [0.1, 0.15) is 0 Å². The van der Waals surface area contributed by atoms with Crippen LogP contribution in [0.1, 0.15) is 25.0 Å². The van der Waals surface area contributed by atoms with E-state index in [2.05, 4.69) is 53.6 Å². The summed E-state index contributed by atoms with van der Waals surface area (Å²) in [6, 6.07) is 6.10. The molecule has 0 amide bonds. The van der Waals surface area contributed by atoms with Crippen LogP contribution in [0.2, 0.25) is 5.28 Å². The average Bonchev–Trinajstić information content (AvgIpc) is 2.42. The first-order valence-corrected chi connectivity index (χ1v) is 7.17. The van der Waals surface area contributed by atoms with Crippen LogP contribution in [0, 0.1) is 13.8 Å². The molecular weight excluding hydrogens is 272 g/mol. The van der Waals surface area contributed by atoms with Crippen molar-refractivity contribution in [3.05, 3.63) is 34.6 Å². The molecule has 0 spiro atoms. The van der Waals surface area contributed by atoms with Crippen molar-refractivity contribution < 1.29 is 0 Å². The molecular formula is C15H19ClN4. The van der Waals surface area contributed by atoms with Crippen molar-refractivity contribution in [3.63, 3.8) is 0 Å². The van der Waals surface area contributed by atoms with E-state index in [0.29, 0.717) is 11.8 Å². The predicted octanol–water partition coefficient (Wildman–Crippen LogP) is 3.66. The Morgan fingerprint density at radius 3 is 2.40 bits per heavy atom. The number of halogens is 1. The first kappa shape index (κ1) is 14.7. The van der Waals surface area contributed by atoms with Gasteiger partial charge in [-0.15, -0.1) is 0 Å². The van der Waals surface area contributed by atoms with Crippen LogP contribution in [0.25, 0.3) is 11.4 Å². The summed E-state index contributed by atoms with van der Waals surface area (Å²) in [5.74, 6) is 1.26. The fourth-order valence-corrected chi connectivity index (χ4v) is 2.26. The highest BCUT2D eigenvalue weighted by atomic mass is 35.5. The number of hydrogen-bond donors (Lipinski definition) is 0. The van der Waals surface area contributed by atoms with Crippen LogP contribution >= 0.6 is 11.6 Å². The Balaban J connectivity index is 2.55. The Hall–Kier alpha value is -1.68. The van der Waals surface area contributed by atoms with Gasteiger partial charge in [-0.25, -0.2) is 0 Å². The van der Waals surface area contributed by atoms with Crippen LogP contribution in [0.5, 0.6) is 0 Å². The van der Waals surface area contributed by atoms with Gasteiger partial charge in [0, 0.05) is 18.7 Å². The Morgan fingerprint density at radius 1 is 1.05 bits per heavy atom. The lowest BCUT2D eigenvalue weighted by atomic mass is 10.0. The van der Waals surface area contributed by atoms with Gasteiger partial charge >= 0.3 is 0 Å². The minimum absolute atomic E-state index is 0.234. The summed E-state index contributed by atoms with van der Waals surface area (Å²) in [6.07, 6.45) is 0. The van der Waals surface area contributed by atoms with Gasteiger partial charge in [0.25, 0.3) is 0 Å². The fourth-order valence-electron chi connectivity index (χ4n) is 2.10. The Labute approximate surface area is 124 Å². The highest BCUT2D eigenvalue weighted by Crippen LogP contribution is 2.24. The van der Waals surface area contributed by atoms with Gasteiger partial charge in [0.2, 0.25) is 11.2 Å². The molecule has 0 aliphatic heterocycles. The Morgan fingerprint density at radius 2 is 1.75 bits per heavy atom. The Bertz CT molecular complexity index is 609. The van der Waals surface area contributed by atoms with Crippen molar-refractivity contribution >= 4 is 17.5 Å². The number of aromatic nitrogens is 3. The van der Waals surface area contributed by atoms with Crippen LogP contribution in [-0.2, 0) is 0 Å². The molecule has 106 valence electrons. The number of nitrogens with zero attached hydrogens (tertiary/aromatic N) is 4. The van der Waals surface area contributed by atoms with Crippen LogP contribution in [0.3, 0.4) is 0 Å². The summed E-state index contributed by atoms with van der Waals surface area (Å²) in [7, 11) is 0. The molecule has 0 fully saturated rings. The summed E-state index contributed by atoms with van der Waals surface area (Å²) in [4.78, 5) is 15.1. The largest absolute Gasteiger partial charge is 0.341 e. The van der Waals surface area contributed by atoms with Gasteiger partial charge in [0.05, 0.1) is 0 Å². The van der Waals surface area contributed by atoms with E-state index in [9.17, 15) is 0 Å². The highest BCUT2D eigenvalue weighted by Gasteiger charge is 2.13. The van der Waals surface area contributed by atoms with E-state index in [4.69, 9.17) is 11.6 Å². The van der Waals surface area contributed by atoms with E-state index in [1.54, 1.807) is 0 Å². The van der Waals surface area contributed by atoms with E-state index in [0.717, 1.165) is 18.7 Å². The normalized spacial score (nSPS) is 10.7. The molecule has 1 aromatic carbocycles. The minimum atomic E-state index is 0.234. The zero-order valence-corrected chi connectivity index (χ0v) is 13.1. The van der Waals surface area contributed by atoms with Crippen molar-refractivity contribution in [1.82, 2.24) is 15.0 Å². The second-order valence-corrected chi connectivity index (χ2v) is 4.99. The zero-order chi connectivity index (χ0) is 14.7. The van der Waals surface area contributed by atoms with E-state index in [1.807, 2.05) is 12.1 Å². The molecule has 0 aliphatic carbocycles. The molecule has 0 atom stereocenters. The molecule has 1 heterocycles. The van der Waals surface area contributed by atoms with Crippen molar-refractivity contribution in [2.24, 2.45) is 0 Å². The molecule has 0 bridgehead atoms. The lowest BCUT2D eigenvalue weighted by molar-refractivity contribution is 0.813. The quantitative estimate of drug-likeness (QED) is 0.862. The number of benzene rings is 1. The van der Waals surface area contributed by atoms with Gasteiger partial charge in [-0.2, -0.15) is 15.0 Å². The smallest absolute Gasteiger partial charge is 0.230 e.